The van der Waals surface area contributed by atoms with Gasteiger partial charge in [-0.25, -0.2) is 9.59 Å². The van der Waals surface area contributed by atoms with E-state index >= 15 is 0 Å². The van der Waals surface area contributed by atoms with Gasteiger partial charge < -0.3 is 20.3 Å². The summed E-state index contributed by atoms with van der Waals surface area (Å²) in [4.78, 5) is 35.3. The second kappa shape index (κ2) is 5.74. The number of nitrogens with one attached hydrogen (secondary N) is 1. The third-order valence-electron chi connectivity index (χ3n) is 2.28. The minimum Gasteiger partial charge on any atom is -0.478 e. The summed E-state index contributed by atoms with van der Waals surface area (Å²) in [6, 6.07) is -2.36. The normalized spacial score (nSPS) is 25.3. The van der Waals surface area contributed by atoms with Gasteiger partial charge in [-0.05, 0) is 11.6 Å². The Labute approximate surface area is 106 Å². The Balaban J connectivity index is 3.20. The van der Waals surface area contributed by atoms with Gasteiger partial charge in [0, 0.05) is 11.8 Å². The molecule has 0 aromatic heterocycles. The third kappa shape index (κ3) is 3.36. The zero-order valence-corrected chi connectivity index (χ0v) is 9.68. The molecule has 0 aliphatic carbocycles. The molecule has 0 aromatic carbocycles. The van der Waals surface area contributed by atoms with Crippen molar-refractivity contribution in [2.75, 3.05) is 0 Å². The summed E-state index contributed by atoms with van der Waals surface area (Å²) in [5.41, 5.74) is 8.40. The first-order valence-corrected chi connectivity index (χ1v) is 5.02. The predicted octanol–water partition coefficient (Wildman–Crippen LogP) is -0.378. The molecule has 19 heavy (non-hydrogen) atoms. The molecule has 1 rings (SSSR count). The lowest BCUT2D eigenvalue weighted by atomic mass is 9.99. The topological polar surface area (TPSA) is 162 Å². The largest absolute Gasteiger partial charge is 0.478 e. The van der Waals surface area contributed by atoms with Crippen LogP contribution in [0.5, 0.6) is 0 Å². The van der Waals surface area contributed by atoms with E-state index < -0.39 is 41.8 Å². The molecule has 0 unspecified atom stereocenters. The van der Waals surface area contributed by atoms with E-state index in [-0.39, 0.29) is 0 Å². The second-order valence-corrected chi connectivity index (χ2v) is 3.63. The number of carbonyl (C=O) groups excluding carboxylic acids is 1. The number of carbonyl (C=O) groups is 3. The SMILES string of the molecule is CC(=O)N[C@@H]1[C@H](N=[N+]=[N-])C=C(C(=O)O)O[C@H]1C(=O)O. The van der Waals surface area contributed by atoms with Crippen LogP contribution < -0.4 is 5.32 Å². The summed E-state index contributed by atoms with van der Waals surface area (Å²) >= 11 is 0. The Hall–Kier alpha value is -2.74. The lowest BCUT2D eigenvalue weighted by Crippen LogP contribution is -2.55. The highest BCUT2D eigenvalue weighted by atomic mass is 16.5. The minimum absolute atomic E-state index is 0.565. The highest BCUT2D eigenvalue weighted by molar-refractivity contribution is 5.86. The first-order chi connectivity index (χ1) is 8.86. The molecule has 0 bridgehead atoms. The van der Waals surface area contributed by atoms with Crippen molar-refractivity contribution in [2.24, 2.45) is 5.11 Å². The molecule has 0 radical (unpaired) electrons. The number of aliphatic carboxylic acids is 2. The van der Waals surface area contributed by atoms with Crippen LogP contribution in [0.2, 0.25) is 0 Å². The molecular formula is C9H10N4O6. The van der Waals surface area contributed by atoms with Crippen LogP contribution in [0.1, 0.15) is 6.92 Å². The lowest BCUT2D eigenvalue weighted by Gasteiger charge is -2.32. The van der Waals surface area contributed by atoms with E-state index in [1.165, 1.54) is 0 Å². The van der Waals surface area contributed by atoms with Crippen molar-refractivity contribution in [3.05, 3.63) is 22.3 Å². The van der Waals surface area contributed by atoms with Crippen LogP contribution in [-0.4, -0.2) is 46.2 Å². The molecule has 1 amide bonds. The number of carboxylic acid groups (broad SMARTS) is 2. The van der Waals surface area contributed by atoms with Gasteiger partial charge >= 0.3 is 11.9 Å². The van der Waals surface area contributed by atoms with Crippen LogP contribution in [0.4, 0.5) is 0 Å². The molecule has 3 atom stereocenters. The van der Waals surface area contributed by atoms with E-state index in [9.17, 15) is 14.4 Å². The van der Waals surface area contributed by atoms with Crippen LogP contribution in [0.15, 0.2) is 16.9 Å². The molecule has 1 aliphatic heterocycles. The molecule has 0 saturated carbocycles. The fourth-order valence-corrected chi connectivity index (χ4v) is 1.57. The Morgan fingerprint density at radius 1 is 1.47 bits per heavy atom. The summed E-state index contributed by atoms with van der Waals surface area (Å²) in [7, 11) is 0. The zero-order valence-electron chi connectivity index (χ0n) is 9.68. The molecule has 0 saturated heterocycles. The van der Waals surface area contributed by atoms with Crippen molar-refractivity contribution in [3.63, 3.8) is 0 Å². The van der Waals surface area contributed by atoms with Crippen molar-refractivity contribution in [3.8, 4) is 0 Å². The Kier molecular flexibility index (Phi) is 4.32. The molecule has 0 spiro atoms. The van der Waals surface area contributed by atoms with Gasteiger partial charge in [0.15, 0.2) is 0 Å². The summed E-state index contributed by atoms with van der Waals surface area (Å²) in [6.07, 6.45) is -0.710. The van der Waals surface area contributed by atoms with Crippen molar-refractivity contribution >= 4 is 17.8 Å². The lowest BCUT2D eigenvalue weighted by molar-refractivity contribution is -0.154. The van der Waals surface area contributed by atoms with Crippen LogP contribution in [0.25, 0.3) is 10.4 Å². The standard InChI is InChI=1S/C9H10N4O6/c1-3(14)11-6-4(12-13-10)2-5(8(15)16)19-7(6)9(17)18/h2,4,6-7H,1H3,(H,11,14)(H,15,16)(H,17,18)/t4-,6-,7-/m1/s1. The van der Waals surface area contributed by atoms with Gasteiger partial charge in [-0.2, -0.15) is 0 Å². The van der Waals surface area contributed by atoms with Gasteiger partial charge in [0.2, 0.25) is 17.8 Å². The number of hydrogen-bond acceptors (Lipinski definition) is 5. The summed E-state index contributed by atoms with van der Waals surface area (Å²) in [5.74, 6) is -4.19. The van der Waals surface area contributed by atoms with Gasteiger partial charge in [0.05, 0.1) is 12.1 Å². The molecule has 0 aromatic rings. The van der Waals surface area contributed by atoms with Crippen LogP contribution in [-0.2, 0) is 19.1 Å². The molecule has 102 valence electrons. The summed E-state index contributed by atoms with van der Waals surface area (Å²) in [6.45, 7) is 1.14. The van der Waals surface area contributed by atoms with E-state index in [1.54, 1.807) is 0 Å². The number of ether oxygens (including phenoxy) is 1. The van der Waals surface area contributed by atoms with Crippen molar-refractivity contribution < 1.29 is 29.3 Å². The monoisotopic (exact) mass is 270 g/mol. The van der Waals surface area contributed by atoms with Crippen LogP contribution in [0, 0.1) is 0 Å². The van der Waals surface area contributed by atoms with Crippen molar-refractivity contribution in [2.45, 2.75) is 25.1 Å². The van der Waals surface area contributed by atoms with Crippen molar-refractivity contribution in [1.29, 1.82) is 0 Å². The van der Waals surface area contributed by atoms with E-state index in [2.05, 4.69) is 15.3 Å². The molecule has 10 heteroatoms. The van der Waals surface area contributed by atoms with Gasteiger partial charge in [-0.1, -0.05) is 5.11 Å². The number of carboxylic acids is 2. The van der Waals surface area contributed by atoms with Gasteiger partial charge in [-0.15, -0.1) is 0 Å². The molecule has 10 nitrogen and oxygen atoms in total. The highest BCUT2D eigenvalue weighted by Gasteiger charge is 2.41. The number of rotatable bonds is 4. The van der Waals surface area contributed by atoms with E-state index in [4.69, 9.17) is 20.5 Å². The average molecular weight is 270 g/mol. The minimum atomic E-state index is -1.66. The predicted molar refractivity (Wildman–Crippen MR) is 58.8 cm³/mol. The Morgan fingerprint density at radius 2 is 2.11 bits per heavy atom. The quantitative estimate of drug-likeness (QED) is 0.358. The molecular weight excluding hydrogens is 260 g/mol. The van der Waals surface area contributed by atoms with Gasteiger partial charge in [0.25, 0.3) is 0 Å². The van der Waals surface area contributed by atoms with Gasteiger partial charge in [0.1, 0.15) is 0 Å². The fourth-order valence-electron chi connectivity index (χ4n) is 1.57. The maximum atomic E-state index is 11.0. The van der Waals surface area contributed by atoms with Gasteiger partial charge in [-0.3, -0.25) is 4.79 Å². The zero-order chi connectivity index (χ0) is 14.6. The number of nitrogens with zero attached hydrogens (tertiary/aromatic N) is 3. The van der Waals surface area contributed by atoms with Crippen LogP contribution >= 0.6 is 0 Å². The number of azide groups is 1. The maximum Gasteiger partial charge on any atom is 0.370 e. The fraction of sp³-hybridized carbons (Fsp3) is 0.444. The summed E-state index contributed by atoms with van der Waals surface area (Å²) in [5, 5.41) is 23.3. The maximum absolute atomic E-state index is 11.0. The summed E-state index contributed by atoms with van der Waals surface area (Å²) < 4.78 is 4.76. The molecule has 0 fully saturated rings. The first kappa shape index (κ1) is 14.3. The van der Waals surface area contributed by atoms with Crippen LogP contribution in [0.3, 0.4) is 0 Å². The molecule has 3 N–H and O–H groups in total. The highest BCUT2D eigenvalue weighted by Crippen LogP contribution is 2.21. The molecule has 1 aliphatic rings. The van der Waals surface area contributed by atoms with E-state index in [0.717, 1.165) is 13.0 Å². The van der Waals surface area contributed by atoms with E-state index in [0.29, 0.717) is 0 Å². The third-order valence-corrected chi connectivity index (χ3v) is 2.28. The molecule has 1 heterocycles. The second-order valence-electron chi connectivity index (χ2n) is 3.63. The number of amides is 1. The van der Waals surface area contributed by atoms with Crippen molar-refractivity contribution in [1.82, 2.24) is 5.32 Å². The van der Waals surface area contributed by atoms with E-state index in [1.807, 2.05) is 0 Å². The average Bonchev–Trinajstić information content (AvgIpc) is 2.30. The number of hydrogen-bond donors (Lipinski definition) is 3. The first-order valence-electron chi connectivity index (χ1n) is 5.02. The Bertz CT molecular complexity index is 495. The smallest absolute Gasteiger partial charge is 0.370 e. The Morgan fingerprint density at radius 3 is 2.53 bits per heavy atom.